The van der Waals surface area contributed by atoms with E-state index in [1.54, 1.807) is 34.0 Å². The fourth-order valence-electron chi connectivity index (χ4n) is 5.80. The molecule has 1 aliphatic carbocycles. The molecule has 2 bridgehead atoms. The number of halogens is 5. The summed E-state index contributed by atoms with van der Waals surface area (Å²) >= 11 is 1.15. The number of hydrogen-bond acceptors (Lipinski definition) is 8. The van der Waals surface area contributed by atoms with E-state index < -0.39 is 46.3 Å². The van der Waals surface area contributed by atoms with Crippen molar-refractivity contribution in [2.75, 3.05) is 36.2 Å². The number of hydrogen-bond donors (Lipinski definition) is 1. The highest BCUT2D eigenvalue weighted by molar-refractivity contribution is 7.98. The highest BCUT2D eigenvalue weighted by Crippen LogP contribution is 2.45. The number of rotatable bonds is 6. The van der Waals surface area contributed by atoms with Crippen LogP contribution < -0.4 is 15.0 Å². The van der Waals surface area contributed by atoms with E-state index in [4.69, 9.17) is 9.47 Å². The van der Waals surface area contributed by atoms with Crippen LogP contribution >= 0.6 is 11.8 Å². The number of nitrogens with zero attached hydrogens (tertiary/aromatic N) is 4. The van der Waals surface area contributed by atoms with Gasteiger partial charge in [0.15, 0.2) is 11.0 Å². The first-order valence-electron chi connectivity index (χ1n) is 13.9. The van der Waals surface area contributed by atoms with Gasteiger partial charge in [-0.15, -0.1) is 0 Å². The van der Waals surface area contributed by atoms with E-state index in [9.17, 15) is 18.0 Å². The van der Waals surface area contributed by atoms with Gasteiger partial charge in [-0.05, 0) is 77.2 Å². The Morgan fingerprint density at radius 3 is 2.35 bits per heavy atom. The Labute approximate surface area is 249 Å². The lowest BCUT2D eigenvalue weighted by Crippen LogP contribution is -2.37. The van der Waals surface area contributed by atoms with Gasteiger partial charge in [-0.2, -0.15) is 13.2 Å². The number of thioether (sulfide) groups is 1. The largest absolute Gasteiger partial charge is 0.477 e. The standard InChI is InChI=1S/C29H32F5N5O3S/c1-6-41-25-19-23(37-26(43-5)38-24(19)39-12-14-7-8-15(9-14)13-39)21(31)22(36-25)17-10-16(35-27(40)42-28(2,3)4)11-18(30)20(17)29(32,33)34/h10-11,14-15H,6-9,12-13H2,1-5H3,(H,35,40). The first-order chi connectivity index (χ1) is 20.2. The van der Waals surface area contributed by atoms with Crippen molar-refractivity contribution in [1.82, 2.24) is 15.0 Å². The Hall–Kier alpha value is -3.42. The molecule has 2 fully saturated rings. The van der Waals surface area contributed by atoms with Crippen LogP contribution in [0.4, 0.5) is 38.3 Å². The summed E-state index contributed by atoms with van der Waals surface area (Å²) in [4.78, 5) is 27.6. The van der Waals surface area contributed by atoms with Crippen LogP contribution in [0.2, 0.25) is 0 Å². The molecule has 8 nitrogen and oxygen atoms in total. The monoisotopic (exact) mass is 625 g/mol. The number of carbonyl (C=O) groups excluding carboxylic acids is 1. The van der Waals surface area contributed by atoms with Gasteiger partial charge in [0.2, 0.25) is 5.88 Å². The lowest BCUT2D eigenvalue weighted by molar-refractivity contribution is -0.139. The average Bonchev–Trinajstić information content (AvgIpc) is 3.24. The summed E-state index contributed by atoms with van der Waals surface area (Å²) < 4.78 is 85.3. The first kappa shape index (κ1) is 31.0. The maximum atomic E-state index is 16.5. The number of fused-ring (bicyclic) bond motifs is 3. The normalized spacial score (nSPS) is 18.7. The van der Waals surface area contributed by atoms with Crippen molar-refractivity contribution in [3.8, 4) is 17.1 Å². The smallest absolute Gasteiger partial charge is 0.419 e. The molecule has 2 atom stereocenters. The molecule has 0 spiro atoms. The molecule has 2 unspecified atom stereocenters. The highest BCUT2D eigenvalue weighted by Gasteiger charge is 2.40. The number of aromatic nitrogens is 3. The molecule has 43 heavy (non-hydrogen) atoms. The van der Waals surface area contributed by atoms with E-state index in [0.717, 1.165) is 37.1 Å². The van der Waals surface area contributed by atoms with Gasteiger partial charge < -0.3 is 14.4 Å². The van der Waals surface area contributed by atoms with Gasteiger partial charge in [-0.3, -0.25) is 5.32 Å². The third kappa shape index (κ3) is 6.43. The molecule has 5 rings (SSSR count). The first-order valence-corrected chi connectivity index (χ1v) is 15.1. The molecular formula is C29H32F5N5O3S. The van der Waals surface area contributed by atoms with Gasteiger partial charge in [0.05, 0.1) is 6.61 Å². The van der Waals surface area contributed by atoms with E-state index in [-0.39, 0.29) is 34.2 Å². The fraction of sp³-hybridized carbons (Fsp3) is 0.517. The molecule has 1 aliphatic heterocycles. The van der Waals surface area contributed by atoms with Gasteiger partial charge in [0.25, 0.3) is 0 Å². The fourth-order valence-corrected chi connectivity index (χ4v) is 6.16. The second-order valence-corrected chi connectivity index (χ2v) is 12.5. The van der Waals surface area contributed by atoms with Crippen LogP contribution in [-0.4, -0.2) is 52.6 Å². The molecule has 1 saturated heterocycles. The molecule has 3 aromatic rings. The topological polar surface area (TPSA) is 89.5 Å². The van der Waals surface area contributed by atoms with Crippen molar-refractivity contribution >= 4 is 40.3 Å². The molecular weight excluding hydrogens is 593 g/mol. The molecule has 2 aromatic heterocycles. The second-order valence-electron chi connectivity index (χ2n) is 11.7. The van der Waals surface area contributed by atoms with Gasteiger partial charge in [-0.25, -0.2) is 28.5 Å². The SMILES string of the molecule is CCOc1nc(-c2cc(NC(=O)OC(C)(C)C)cc(F)c2C(F)(F)F)c(F)c2nc(SC)nc(N3CC4CCC(C4)C3)c12. The second kappa shape index (κ2) is 11.6. The zero-order valence-electron chi connectivity index (χ0n) is 24.4. The van der Waals surface area contributed by atoms with E-state index in [1.807, 2.05) is 4.90 Å². The Bertz CT molecular complexity index is 1550. The zero-order valence-corrected chi connectivity index (χ0v) is 25.2. The van der Waals surface area contributed by atoms with Crippen LogP contribution in [0.1, 0.15) is 52.5 Å². The number of alkyl halides is 3. The van der Waals surface area contributed by atoms with Crippen molar-refractivity contribution in [2.24, 2.45) is 11.8 Å². The van der Waals surface area contributed by atoms with Crippen LogP contribution in [-0.2, 0) is 10.9 Å². The number of pyridine rings is 1. The Kier molecular flexibility index (Phi) is 8.36. The van der Waals surface area contributed by atoms with E-state index in [2.05, 4.69) is 20.3 Å². The maximum absolute atomic E-state index is 16.5. The third-order valence-electron chi connectivity index (χ3n) is 7.36. The maximum Gasteiger partial charge on any atom is 0.419 e. The quantitative estimate of drug-likeness (QED) is 0.169. The number of ether oxygens (including phenoxy) is 2. The predicted molar refractivity (Wildman–Crippen MR) is 154 cm³/mol. The number of carbonyl (C=O) groups is 1. The minimum absolute atomic E-state index is 0.0584. The number of anilines is 2. The summed E-state index contributed by atoms with van der Waals surface area (Å²) in [5.74, 6) is -1.80. The van der Waals surface area contributed by atoms with Crippen LogP contribution in [0.3, 0.4) is 0 Å². The van der Waals surface area contributed by atoms with Crippen molar-refractivity contribution in [1.29, 1.82) is 0 Å². The molecule has 1 amide bonds. The van der Waals surface area contributed by atoms with Crippen molar-refractivity contribution in [3.05, 3.63) is 29.3 Å². The summed E-state index contributed by atoms with van der Waals surface area (Å²) in [5.41, 5.74) is -5.12. The van der Waals surface area contributed by atoms with E-state index in [1.165, 1.54) is 0 Å². The van der Waals surface area contributed by atoms with Crippen molar-refractivity contribution in [3.63, 3.8) is 0 Å². The van der Waals surface area contributed by atoms with Crippen LogP contribution in [0.25, 0.3) is 22.2 Å². The number of amides is 1. The van der Waals surface area contributed by atoms with Crippen molar-refractivity contribution in [2.45, 2.75) is 63.9 Å². The lowest BCUT2D eigenvalue weighted by atomic mass is 9.98. The number of piperidine rings is 1. The number of nitrogens with one attached hydrogen (secondary N) is 1. The molecule has 232 valence electrons. The van der Waals surface area contributed by atoms with Gasteiger partial charge in [0.1, 0.15) is 39.4 Å². The Balaban J connectivity index is 1.74. The summed E-state index contributed by atoms with van der Waals surface area (Å²) in [6.45, 7) is 7.85. The highest BCUT2D eigenvalue weighted by atomic mass is 32.2. The summed E-state index contributed by atoms with van der Waals surface area (Å²) in [7, 11) is 0. The van der Waals surface area contributed by atoms with Crippen molar-refractivity contribution < 1.29 is 36.2 Å². The number of benzene rings is 1. The summed E-state index contributed by atoms with van der Waals surface area (Å²) in [6.07, 6.45) is -1.30. The lowest BCUT2D eigenvalue weighted by Gasteiger charge is -2.33. The van der Waals surface area contributed by atoms with Crippen LogP contribution in [0, 0.1) is 23.5 Å². The third-order valence-corrected chi connectivity index (χ3v) is 7.90. The van der Waals surface area contributed by atoms with E-state index >= 15 is 8.78 Å². The molecule has 3 heterocycles. The average molecular weight is 626 g/mol. The van der Waals surface area contributed by atoms with Gasteiger partial charge in [0, 0.05) is 24.3 Å². The van der Waals surface area contributed by atoms with Crippen LogP contribution in [0.15, 0.2) is 17.3 Å². The summed E-state index contributed by atoms with van der Waals surface area (Å²) in [6, 6.07) is 1.30. The minimum atomic E-state index is -5.23. The molecule has 1 aromatic carbocycles. The molecule has 14 heteroatoms. The molecule has 1 N–H and O–H groups in total. The van der Waals surface area contributed by atoms with Crippen LogP contribution in [0.5, 0.6) is 5.88 Å². The van der Waals surface area contributed by atoms with E-state index in [0.29, 0.717) is 36.8 Å². The van der Waals surface area contributed by atoms with Gasteiger partial charge in [-0.1, -0.05) is 11.8 Å². The zero-order chi connectivity index (χ0) is 31.3. The molecule has 1 saturated carbocycles. The molecule has 2 aliphatic rings. The Morgan fingerprint density at radius 1 is 1.09 bits per heavy atom. The van der Waals surface area contributed by atoms with Gasteiger partial charge >= 0.3 is 12.3 Å². The summed E-state index contributed by atoms with van der Waals surface area (Å²) in [5, 5.41) is 2.57. The Morgan fingerprint density at radius 2 is 1.77 bits per heavy atom. The predicted octanol–water partition coefficient (Wildman–Crippen LogP) is 7.69. The minimum Gasteiger partial charge on any atom is -0.477 e. The molecule has 0 radical (unpaired) electrons.